The van der Waals surface area contributed by atoms with Gasteiger partial charge in [0.05, 0.1) is 0 Å². The molecule has 0 aliphatic heterocycles. The van der Waals surface area contributed by atoms with E-state index >= 15 is 0 Å². The molecule has 0 saturated heterocycles. The molecule has 0 unspecified atom stereocenters. The molecule has 94 valence electrons. The Kier molecular flexibility index (Phi) is 5.98. The summed E-state index contributed by atoms with van der Waals surface area (Å²) >= 11 is 5.31. The molecule has 0 fully saturated rings. The molecule has 1 rings (SSSR count). The maximum absolute atomic E-state index is 5.31. The zero-order valence-electron chi connectivity index (χ0n) is 10.9. The van der Waals surface area contributed by atoms with Crippen molar-refractivity contribution in [2.45, 2.75) is 46.1 Å². The van der Waals surface area contributed by atoms with Crippen molar-refractivity contribution < 1.29 is 0 Å². The van der Waals surface area contributed by atoms with Crippen molar-refractivity contribution in [1.29, 1.82) is 0 Å². The van der Waals surface area contributed by atoms with E-state index in [4.69, 9.17) is 12.2 Å². The van der Waals surface area contributed by atoms with Crippen molar-refractivity contribution in [3.8, 4) is 0 Å². The first-order valence-corrected chi connectivity index (χ1v) is 6.73. The zero-order valence-corrected chi connectivity index (χ0v) is 11.7. The van der Waals surface area contributed by atoms with E-state index in [-0.39, 0.29) is 0 Å². The summed E-state index contributed by atoms with van der Waals surface area (Å²) in [4.78, 5) is 0. The van der Waals surface area contributed by atoms with Crippen LogP contribution in [0.3, 0.4) is 0 Å². The third-order valence-electron chi connectivity index (χ3n) is 2.75. The smallest absolute Gasteiger partial charge is 0.170 e. The van der Waals surface area contributed by atoms with Gasteiger partial charge in [0.15, 0.2) is 5.11 Å². The number of hydrogen-bond acceptors (Lipinski definition) is 1. The number of para-hydroxylation sites is 1. The lowest BCUT2D eigenvalue weighted by Gasteiger charge is -2.17. The molecule has 2 N–H and O–H groups in total. The van der Waals surface area contributed by atoms with Crippen molar-refractivity contribution in [3.05, 3.63) is 29.8 Å². The predicted molar refractivity (Wildman–Crippen MR) is 79.5 cm³/mol. The lowest BCUT2D eigenvalue weighted by atomic mass is 10.1. The number of rotatable bonds is 5. The van der Waals surface area contributed by atoms with Crippen molar-refractivity contribution in [1.82, 2.24) is 5.32 Å². The fourth-order valence-corrected chi connectivity index (χ4v) is 2.15. The maximum atomic E-state index is 5.31. The van der Waals surface area contributed by atoms with Crippen LogP contribution in [0.4, 0.5) is 5.69 Å². The number of benzene rings is 1. The number of anilines is 1. The topological polar surface area (TPSA) is 24.1 Å². The average molecular weight is 250 g/mol. The zero-order chi connectivity index (χ0) is 12.7. The van der Waals surface area contributed by atoms with Crippen LogP contribution in [-0.2, 0) is 6.42 Å². The van der Waals surface area contributed by atoms with Gasteiger partial charge in [-0.25, -0.2) is 0 Å². The summed E-state index contributed by atoms with van der Waals surface area (Å²) in [6, 6.07) is 8.70. The second-order valence-corrected chi connectivity index (χ2v) is 4.71. The molecule has 1 atom stereocenters. The van der Waals surface area contributed by atoms with E-state index in [1.54, 1.807) is 0 Å². The molecule has 0 aromatic heterocycles. The minimum atomic E-state index is 0.425. The third kappa shape index (κ3) is 4.73. The highest BCUT2D eigenvalue weighted by atomic mass is 32.1. The average Bonchev–Trinajstić information content (AvgIpc) is 2.29. The van der Waals surface area contributed by atoms with Crippen molar-refractivity contribution in [3.63, 3.8) is 0 Å². The van der Waals surface area contributed by atoms with Crippen LogP contribution in [-0.4, -0.2) is 11.2 Å². The summed E-state index contributed by atoms with van der Waals surface area (Å²) < 4.78 is 0. The lowest BCUT2D eigenvalue weighted by Crippen LogP contribution is -2.35. The van der Waals surface area contributed by atoms with E-state index in [0.717, 1.165) is 18.5 Å². The Balaban J connectivity index is 2.55. The van der Waals surface area contributed by atoms with E-state index in [2.05, 4.69) is 49.6 Å². The summed E-state index contributed by atoms with van der Waals surface area (Å²) in [6.45, 7) is 6.49. The van der Waals surface area contributed by atoms with Gasteiger partial charge in [-0.2, -0.15) is 0 Å². The quantitative estimate of drug-likeness (QED) is 0.779. The Hall–Kier alpha value is -1.09. The number of aryl methyl sites for hydroxylation is 1. The molecule has 0 aliphatic rings. The fourth-order valence-electron chi connectivity index (χ4n) is 1.84. The van der Waals surface area contributed by atoms with E-state index in [1.165, 1.54) is 12.0 Å². The summed E-state index contributed by atoms with van der Waals surface area (Å²) in [6.07, 6.45) is 3.32. The molecule has 1 aromatic carbocycles. The molecular formula is C14H22N2S. The highest BCUT2D eigenvalue weighted by Gasteiger charge is 2.05. The highest BCUT2D eigenvalue weighted by Crippen LogP contribution is 2.15. The van der Waals surface area contributed by atoms with Crippen LogP contribution in [0.5, 0.6) is 0 Å². The molecule has 2 nitrogen and oxygen atoms in total. The Morgan fingerprint density at radius 3 is 2.65 bits per heavy atom. The first-order chi connectivity index (χ1) is 8.17. The van der Waals surface area contributed by atoms with E-state index in [9.17, 15) is 0 Å². The standard InChI is InChI=1S/C14H22N2S/c1-4-8-11(3)15-14(17)16-13-10-7-6-9-12(13)5-2/h6-7,9-11H,4-5,8H2,1-3H3,(H2,15,16,17)/t11-/m0/s1. The molecule has 0 bridgehead atoms. The van der Waals surface area contributed by atoms with Crippen LogP contribution in [0.15, 0.2) is 24.3 Å². The van der Waals surface area contributed by atoms with E-state index in [0.29, 0.717) is 11.2 Å². The van der Waals surface area contributed by atoms with Crippen molar-refractivity contribution in [2.75, 3.05) is 5.32 Å². The van der Waals surface area contributed by atoms with Crippen LogP contribution < -0.4 is 10.6 Å². The van der Waals surface area contributed by atoms with Gasteiger partial charge < -0.3 is 10.6 Å². The largest absolute Gasteiger partial charge is 0.360 e. The highest BCUT2D eigenvalue weighted by molar-refractivity contribution is 7.80. The minimum Gasteiger partial charge on any atom is -0.360 e. The first-order valence-electron chi connectivity index (χ1n) is 6.32. The lowest BCUT2D eigenvalue weighted by molar-refractivity contribution is 0.599. The van der Waals surface area contributed by atoms with Crippen LogP contribution >= 0.6 is 12.2 Å². The van der Waals surface area contributed by atoms with Crippen LogP contribution in [0, 0.1) is 0 Å². The van der Waals surface area contributed by atoms with Gasteiger partial charge in [-0.05, 0) is 43.6 Å². The Bertz CT molecular complexity index is 363. The molecule has 1 aromatic rings. The maximum Gasteiger partial charge on any atom is 0.170 e. The molecule has 0 aliphatic carbocycles. The van der Waals surface area contributed by atoms with Gasteiger partial charge in [0.2, 0.25) is 0 Å². The van der Waals surface area contributed by atoms with Gasteiger partial charge in [-0.1, -0.05) is 38.5 Å². The molecular weight excluding hydrogens is 228 g/mol. The Labute approximate surface area is 110 Å². The number of nitrogens with one attached hydrogen (secondary N) is 2. The van der Waals surface area contributed by atoms with E-state index in [1.807, 2.05) is 6.07 Å². The summed E-state index contributed by atoms with van der Waals surface area (Å²) in [5, 5.41) is 7.29. The van der Waals surface area contributed by atoms with Gasteiger partial charge in [0, 0.05) is 11.7 Å². The monoisotopic (exact) mass is 250 g/mol. The SMILES string of the molecule is CCC[C@H](C)NC(=S)Nc1ccccc1CC. The minimum absolute atomic E-state index is 0.425. The Morgan fingerprint density at radius 1 is 1.29 bits per heavy atom. The van der Waals surface area contributed by atoms with Crippen LogP contribution in [0.2, 0.25) is 0 Å². The van der Waals surface area contributed by atoms with Gasteiger partial charge >= 0.3 is 0 Å². The second kappa shape index (κ2) is 7.28. The summed E-state index contributed by atoms with van der Waals surface area (Å²) in [5.41, 5.74) is 2.40. The van der Waals surface area contributed by atoms with Gasteiger partial charge in [0.25, 0.3) is 0 Å². The Morgan fingerprint density at radius 2 is 2.00 bits per heavy atom. The molecule has 0 saturated carbocycles. The van der Waals surface area contributed by atoms with Crippen molar-refractivity contribution >= 4 is 23.0 Å². The third-order valence-corrected chi connectivity index (χ3v) is 2.97. The first kappa shape index (κ1) is 14.0. The van der Waals surface area contributed by atoms with Gasteiger partial charge in [-0.3, -0.25) is 0 Å². The van der Waals surface area contributed by atoms with Crippen LogP contribution in [0.25, 0.3) is 0 Å². The van der Waals surface area contributed by atoms with E-state index < -0.39 is 0 Å². The molecule has 0 radical (unpaired) electrons. The molecule has 3 heteroatoms. The molecule has 0 spiro atoms. The number of thiocarbonyl (C=S) groups is 1. The summed E-state index contributed by atoms with van der Waals surface area (Å²) in [7, 11) is 0. The number of hydrogen-bond donors (Lipinski definition) is 2. The normalized spacial score (nSPS) is 11.9. The predicted octanol–water partition coefficient (Wildman–Crippen LogP) is 3.72. The molecule has 17 heavy (non-hydrogen) atoms. The van der Waals surface area contributed by atoms with Gasteiger partial charge in [-0.15, -0.1) is 0 Å². The van der Waals surface area contributed by atoms with Crippen molar-refractivity contribution in [2.24, 2.45) is 0 Å². The van der Waals surface area contributed by atoms with Crippen LogP contribution in [0.1, 0.15) is 39.2 Å². The molecule has 0 amide bonds. The summed E-state index contributed by atoms with van der Waals surface area (Å²) in [5.74, 6) is 0. The van der Waals surface area contributed by atoms with Gasteiger partial charge in [0.1, 0.15) is 0 Å². The second-order valence-electron chi connectivity index (χ2n) is 4.30. The molecule has 0 heterocycles. The fraction of sp³-hybridized carbons (Fsp3) is 0.500.